The van der Waals surface area contributed by atoms with Gasteiger partial charge in [-0.15, -0.1) is 0 Å². The molecule has 0 amide bonds. The van der Waals surface area contributed by atoms with Crippen molar-refractivity contribution < 1.29 is 0 Å². The van der Waals surface area contributed by atoms with E-state index in [4.69, 9.17) is 0 Å². The van der Waals surface area contributed by atoms with Gasteiger partial charge in [-0.25, -0.2) is 19.9 Å². The second-order valence-electron chi connectivity index (χ2n) is 5.25. The van der Waals surface area contributed by atoms with E-state index in [2.05, 4.69) is 52.0 Å². The Balaban J connectivity index is 2.16. The van der Waals surface area contributed by atoms with Crippen LogP contribution >= 0.6 is 0 Å². The summed E-state index contributed by atoms with van der Waals surface area (Å²) in [5.41, 5.74) is 5.52. The fraction of sp³-hybridized carbons (Fsp3) is 0.176. The molecule has 2 aromatic heterocycles. The van der Waals surface area contributed by atoms with Gasteiger partial charge < -0.3 is 0 Å². The standard InChI is InChI=1S/C17H16N4/c1-12(2)13-3-14(16-6-18-10-19-7-16)5-15(4-13)17-8-20-11-21-9-17/h3-12H,1-2H3. The van der Waals surface area contributed by atoms with E-state index in [1.54, 1.807) is 12.7 Å². The molecular weight excluding hydrogens is 260 g/mol. The molecule has 21 heavy (non-hydrogen) atoms. The molecule has 3 rings (SSSR count). The minimum absolute atomic E-state index is 0.443. The van der Waals surface area contributed by atoms with Crippen LogP contribution in [0.3, 0.4) is 0 Å². The molecule has 104 valence electrons. The lowest BCUT2D eigenvalue weighted by molar-refractivity contribution is 0.867. The van der Waals surface area contributed by atoms with Gasteiger partial charge in [-0.3, -0.25) is 0 Å². The van der Waals surface area contributed by atoms with E-state index < -0.39 is 0 Å². The third-order valence-corrected chi connectivity index (χ3v) is 3.41. The molecule has 0 radical (unpaired) electrons. The van der Waals surface area contributed by atoms with Gasteiger partial charge >= 0.3 is 0 Å². The smallest absolute Gasteiger partial charge is 0.115 e. The van der Waals surface area contributed by atoms with Gasteiger partial charge in [0.25, 0.3) is 0 Å². The summed E-state index contributed by atoms with van der Waals surface area (Å²) in [4.78, 5) is 16.4. The van der Waals surface area contributed by atoms with E-state index in [1.165, 1.54) is 5.56 Å². The Labute approximate surface area is 124 Å². The lowest BCUT2D eigenvalue weighted by Gasteiger charge is -2.12. The van der Waals surface area contributed by atoms with Crippen molar-refractivity contribution in [2.45, 2.75) is 19.8 Å². The van der Waals surface area contributed by atoms with Gasteiger partial charge in [0.1, 0.15) is 12.7 Å². The Morgan fingerprint density at radius 2 is 1.05 bits per heavy atom. The summed E-state index contributed by atoms with van der Waals surface area (Å²) in [5.74, 6) is 0.443. The molecule has 0 aliphatic carbocycles. The van der Waals surface area contributed by atoms with Gasteiger partial charge in [0.15, 0.2) is 0 Å². The molecule has 1 aromatic carbocycles. The molecule has 0 fully saturated rings. The van der Waals surface area contributed by atoms with E-state index >= 15 is 0 Å². The number of rotatable bonds is 3. The summed E-state index contributed by atoms with van der Waals surface area (Å²) in [7, 11) is 0. The van der Waals surface area contributed by atoms with Crippen molar-refractivity contribution in [3.05, 3.63) is 61.2 Å². The minimum atomic E-state index is 0.443. The zero-order chi connectivity index (χ0) is 14.7. The summed E-state index contributed by atoms with van der Waals surface area (Å²) in [6.07, 6.45) is 10.4. The van der Waals surface area contributed by atoms with Crippen LogP contribution in [0.1, 0.15) is 25.3 Å². The van der Waals surface area contributed by atoms with Gasteiger partial charge in [-0.2, -0.15) is 0 Å². The van der Waals surface area contributed by atoms with Crippen molar-refractivity contribution in [1.29, 1.82) is 0 Å². The molecule has 0 atom stereocenters. The summed E-state index contributed by atoms with van der Waals surface area (Å²) in [5, 5.41) is 0. The van der Waals surface area contributed by atoms with Gasteiger partial charge in [0.2, 0.25) is 0 Å². The molecule has 0 spiro atoms. The highest BCUT2D eigenvalue weighted by molar-refractivity contribution is 5.73. The quantitative estimate of drug-likeness (QED) is 0.731. The van der Waals surface area contributed by atoms with Crippen molar-refractivity contribution in [1.82, 2.24) is 19.9 Å². The topological polar surface area (TPSA) is 51.6 Å². The molecule has 0 bridgehead atoms. The maximum Gasteiger partial charge on any atom is 0.115 e. The van der Waals surface area contributed by atoms with Crippen molar-refractivity contribution in [2.24, 2.45) is 0 Å². The number of hydrogen-bond acceptors (Lipinski definition) is 4. The fourth-order valence-corrected chi connectivity index (χ4v) is 2.21. The summed E-state index contributed by atoms with van der Waals surface area (Å²) in [6.45, 7) is 4.37. The fourth-order valence-electron chi connectivity index (χ4n) is 2.21. The molecule has 0 saturated carbocycles. The first-order valence-corrected chi connectivity index (χ1v) is 6.90. The van der Waals surface area contributed by atoms with E-state index in [-0.39, 0.29) is 0 Å². The van der Waals surface area contributed by atoms with Crippen LogP contribution in [0.25, 0.3) is 22.3 Å². The lowest BCUT2D eigenvalue weighted by atomic mass is 9.94. The SMILES string of the molecule is CC(C)c1cc(-c2cncnc2)cc(-c2cncnc2)c1. The molecule has 0 aliphatic heterocycles. The van der Waals surface area contributed by atoms with E-state index in [0.29, 0.717) is 5.92 Å². The Hall–Kier alpha value is -2.62. The van der Waals surface area contributed by atoms with Gasteiger partial charge in [0.05, 0.1) is 0 Å². The van der Waals surface area contributed by atoms with Gasteiger partial charge in [0, 0.05) is 35.9 Å². The Kier molecular flexibility index (Phi) is 3.69. The van der Waals surface area contributed by atoms with Crippen LogP contribution in [-0.4, -0.2) is 19.9 Å². The molecular formula is C17H16N4. The highest BCUT2D eigenvalue weighted by Gasteiger charge is 2.08. The van der Waals surface area contributed by atoms with Crippen LogP contribution in [0.2, 0.25) is 0 Å². The molecule has 0 unspecified atom stereocenters. The van der Waals surface area contributed by atoms with Crippen LogP contribution in [-0.2, 0) is 0 Å². The minimum Gasteiger partial charge on any atom is -0.244 e. The lowest BCUT2D eigenvalue weighted by Crippen LogP contribution is -1.92. The average Bonchev–Trinajstić information content (AvgIpc) is 2.56. The third kappa shape index (κ3) is 2.94. The van der Waals surface area contributed by atoms with Crippen molar-refractivity contribution in [2.75, 3.05) is 0 Å². The maximum absolute atomic E-state index is 4.10. The number of benzene rings is 1. The normalized spacial score (nSPS) is 10.8. The summed E-state index contributed by atoms with van der Waals surface area (Å²) in [6, 6.07) is 6.51. The highest BCUT2D eigenvalue weighted by Crippen LogP contribution is 2.29. The van der Waals surface area contributed by atoms with Crippen LogP contribution in [0.15, 0.2) is 55.6 Å². The van der Waals surface area contributed by atoms with Crippen LogP contribution in [0.4, 0.5) is 0 Å². The molecule has 3 aromatic rings. The zero-order valence-corrected chi connectivity index (χ0v) is 12.1. The van der Waals surface area contributed by atoms with E-state index in [9.17, 15) is 0 Å². The number of hydrogen-bond donors (Lipinski definition) is 0. The predicted molar refractivity (Wildman–Crippen MR) is 82.6 cm³/mol. The van der Waals surface area contributed by atoms with Gasteiger partial charge in [-0.05, 0) is 28.7 Å². The number of aromatic nitrogens is 4. The first kappa shape index (κ1) is 13.4. The number of nitrogens with zero attached hydrogens (tertiary/aromatic N) is 4. The second kappa shape index (κ2) is 5.79. The van der Waals surface area contributed by atoms with Crippen LogP contribution in [0, 0.1) is 0 Å². The summed E-state index contributed by atoms with van der Waals surface area (Å²) >= 11 is 0. The molecule has 4 heteroatoms. The first-order chi connectivity index (χ1) is 10.2. The maximum atomic E-state index is 4.10. The van der Waals surface area contributed by atoms with Gasteiger partial charge in [-0.1, -0.05) is 26.0 Å². The Bertz CT molecular complexity index is 667. The van der Waals surface area contributed by atoms with Crippen molar-refractivity contribution >= 4 is 0 Å². The molecule has 0 aliphatic rings. The molecule has 2 heterocycles. The van der Waals surface area contributed by atoms with Crippen molar-refractivity contribution in [3.63, 3.8) is 0 Å². The Morgan fingerprint density at radius 3 is 1.43 bits per heavy atom. The van der Waals surface area contributed by atoms with E-state index in [1.807, 2.05) is 24.8 Å². The zero-order valence-electron chi connectivity index (χ0n) is 12.1. The third-order valence-electron chi connectivity index (χ3n) is 3.41. The summed E-state index contributed by atoms with van der Waals surface area (Å²) < 4.78 is 0. The Morgan fingerprint density at radius 1 is 0.619 bits per heavy atom. The molecule has 4 nitrogen and oxygen atoms in total. The predicted octanol–water partition coefficient (Wildman–Crippen LogP) is 3.72. The van der Waals surface area contributed by atoms with Crippen LogP contribution < -0.4 is 0 Å². The molecule has 0 N–H and O–H groups in total. The van der Waals surface area contributed by atoms with E-state index in [0.717, 1.165) is 22.3 Å². The largest absolute Gasteiger partial charge is 0.244 e. The van der Waals surface area contributed by atoms with Crippen LogP contribution in [0.5, 0.6) is 0 Å². The second-order valence-corrected chi connectivity index (χ2v) is 5.25. The highest BCUT2D eigenvalue weighted by atomic mass is 14.8. The average molecular weight is 276 g/mol. The molecule has 0 saturated heterocycles. The van der Waals surface area contributed by atoms with Crippen molar-refractivity contribution in [3.8, 4) is 22.3 Å². The first-order valence-electron chi connectivity index (χ1n) is 6.90. The monoisotopic (exact) mass is 276 g/mol.